The van der Waals surface area contributed by atoms with Crippen molar-refractivity contribution < 1.29 is 4.79 Å². The normalized spacial score (nSPS) is 21.6. The van der Waals surface area contributed by atoms with Gasteiger partial charge in [0.05, 0.1) is 0 Å². The van der Waals surface area contributed by atoms with E-state index in [1.165, 1.54) is 51.4 Å². The van der Waals surface area contributed by atoms with Crippen molar-refractivity contribution in [3.8, 4) is 0 Å². The van der Waals surface area contributed by atoms with E-state index in [9.17, 15) is 4.79 Å². The molecule has 2 rings (SSSR count). The van der Waals surface area contributed by atoms with Crippen molar-refractivity contribution in [3.63, 3.8) is 0 Å². The van der Waals surface area contributed by atoms with E-state index in [0.717, 1.165) is 24.7 Å². The van der Waals surface area contributed by atoms with E-state index in [0.29, 0.717) is 17.9 Å². The zero-order chi connectivity index (χ0) is 12.8. The molecule has 0 aromatic heterocycles. The summed E-state index contributed by atoms with van der Waals surface area (Å²) in [5.74, 6) is 1.12. The number of carbonyl (C=O) groups excluding carboxylic acids is 1. The first-order chi connectivity index (χ1) is 8.81. The highest BCUT2D eigenvalue weighted by molar-refractivity contribution is 9.09. The number of hydrogen-bond donors (Lipinski definition) is 0. The first-order valence-electron chi connectivity index (χ1n) is 7.66. The predicted molar refractivity (Wildman–Crippen MR) is 79.0 cm³/mol. The molecule has 18 heavy (non-hydrogen) atoms. The molecule has 2 nitrogen and oxygen atoms in total. The number of amides is 1. The number of halogens is 1. The van der Waals surface area contributed by atoms with Crippen LogP contribution in [0.15, 0.2) is 0 Å². The van der Waals surface area contributed by atoms with Crippen LogP contribution in [0.2, 0.25) is 0 Å². The molecule has 2 fully saturated rings. The Morgan fingerprint density at radius 2 is 1.78 bits per heavy atom. The Balaban J connectivity index is 1.81. The smallest absolute Gasteiger partial charge is 0.223 e. The molecule has 0 radical (unpaired) electrons. The van der Waals surface area contributed by atoms with Gasteiger partial charge in [0.2, 0.25) is 5.91 Å². The van der Waals surface area contributed by atoms with Gasteiger partial charge in [-0.15, -0.1) is 0 Å². The second-order valence-corrected chi connectivity index (χ2v) is 6.72. The van der Waals surface area contributed by atoms with Crippen LogP contribution in [0.25, 0.3) is 0 Å². The molecule has 0 heterocycles. The number of nitrogens with zero attached hydrogens (tertiary/aromatic N) is 1. The number of hydrogen-bond acceptors (Lipinski definition) is 1. The van der Waals surface area contributed by atoms with Gasteiger partial charge in [0.1, 0.15) is 0 Å². The molecule has 0 atom stereocenters. The van der Waals surface area contributed by atoms with Crippen molar-refractivity contribution in [1.29, 1.82) is 0 Å². The van der Waals surface area contributed by atoms with E-state index < -0.39 is 0 Å². The summed E-state index contributed by atoms with van der Waals surface area (Å²) in [6, 6.07) is 0.570. The Bertz CT molecular complexity index is 259. The molecule has 104 valence electrons. The standard InChI is InChI=1S/C15H26BrNO/c16-10-5-11-17(14-8-4-9-14)15(18)12-13-6-2-1-3-7-13/h13-14H,1-12H2. The minimum atomic E-state index is 0.438. The largest absolute Gasteiger partial charge is 0.340 e. The van der Waals surface area contributed by atoms with Crippen LogP contribution in [0.4, 0.5) is 0 Å². The Morgan fingerprint density at radius 1 is 1.06 bits per heavy atom. The summed E-state index contributed by atoms with van der Waals surface area (Å²) in [5, 5.41) is 1.01. The molecule has 3 heteroatoms. The molecular weight excluding hydrogens is 290 g/mol. The van der Waals surface area contributed by atoms with Crippen molar-refractivity contribution >= 4 is 21.8 Å². The van der Waals surface area contributed by atoms with Crippen LogP contribution in [0, 0.1) is 5.92 Å². The van der Waals surface area contributed by atoms with E-state index in [1.807, 2.05) is 0 Å². The highest BCUT2D eigenvalue weighted by Crippen LogP contribution is 2.30. The fraction of sp³-hybridized carbons (Fsp3) is 0.933. The number of alkyl halides is 1. The zero-order valence-electron chi connectivity index (χ0n) is 11.4. The number of rotatable bonds is 6. The third-order valence-corrected chi connectivity index (χ3v) is 5.12. The van der Waals surface area contributed by atoms with E-state index in [1.54, 1.807) is 0 Å². The van der Waals surface area contributed by atoms with Crippen LogP contribution in [-0.4, -0.2) is 28.7 Å². The topological polar surface area (TPSA) is 20.3 Å². The second kappa shape index (κ2) is 7.52. The lowest BCUT2D eigenvalue weighted by Gasteiger charge is -2.38. The maximum atomic E-state index is 12.5. The van der Waals surface area contributed by atoms with Gasteiger partial charge in [-0.25, -0.2) is 0 Å². The third kappa shape index (κ3) is 3.97. The van der Waals surface area contributed by atoms with Crippen molar-refractivity contribution in [2.45, 2.75) is 70.3 Å². The van der Waals surface area contributed by atoms with Crippen LogP contribution in [0.3, 0.4) is 0 Å². The van der Waals surface area contributed by atoms with E-state index in [2.05, 4.69) is 20.8 Å². The fourth-order valence-electron chi connectivity index (χ4n) is 3.19. The van der Waals surface area contributed by atoms with Gasteiger partial charge in [-0.2, -0.15) is 0 Å². The lowest BCUT2D eigenvalue weighted by Crippen LogP contribution is -2.45. The van der Waals surface area contributed by atoms with Gasteiger partial charge in [-0.1, -0.05) is 35.2 Å². The van der Waals surface area contributed by atoms with E-state index in [4.69, 9.17) is 0 Å². The molecule has 0 N–H and O–H groups in total. The summed E-state index contributed by atoms with van der Waals surface area (Å²) in [5.41, 5.74) is 0. The van der Waals surface area contributed by atoms with Crippen LogP contribution in [0.1, 0.15) is 64.2 Å². The van der Waals surface area contributed by atoms with Gasteiger partial charge in [0.15, 0.2) is 0 Å². The average molecular weight is 316 g/mol. The van der Waals surface area contributed by atoms with Crippen LogP contribution in [0.5, 0.6) is 0 Å². The minimum Gasteiger partial charge on any atom is -0.340 e. The van der Waals surface area contributed by atoms with Crippen molar-refractivity contribution in [2.75, 3.05) is 11.9 Å². The lowest BCUT2D eigenvalue weighted by atomic mass is 9.85. The van der Waals surface area contributed by atoms with Gasteiger partial charge >= 0.3 is 0 Å². The Kier molecular flexibility index (Phi) is 6.00. The van der Waals surface area contributed by atoms with Crippen molar-refractivity contribution in [1.82, 2.24) is 4.90 Å². The maximum Gasteiger partial charge on any atom is 0.223 e. The lowest BCUT2D eigenvalue weighted by molar-refractivity contribution is -0.136. The van der Waals surface area contributed by atoms with Crippen LogP contribution < -0.4 is 0 Å². The van der Waals surface area contributed by atoms with Crippen molar-refractivity contribution in [2.24, 2.45) is 5.92 Å². The summed E-state index contributed by atoms with van der Waals surface area (Å²) in [6.07, 6.45) is 12.3. The molecule has 0 aromatic rings. The van der Waals surface area contributed by atoms with E-state index in [-0.39, 0.29) is 0 Å². The third-order valence-electron chi connectivity index (χ3n) is 4.56. The molecule has 0 aromatic carbocycles. The molecule has 2 saturated carbocycles. The van der Waals surface area contributed by atoms with Gasteiger partial charge in [-0.3, -0.25) is 4.79 Å². The Hall–Kier alpha value is -0.0500. The summed E-state index contributed by atoms with van der Waals surface area (Å²) in [4.78, 5) is 14.7. The monoisotopic (exact) mass is 315 g/mol. The fourth-order valence-corrected chi connectivity index (χ4v) is 3.45. The van der Waals surface area contributed by atoms with Gasteiger partial charge in [0.25, 0.3) is 0 Å². The van der Waals surface area contributed by atoms with Gasteiger partial charge < -0.3 is 4.90 Å². The summed E-state index contributed by atoms with van der Waals surface area (Å²) in [6.45, 7) is 0.960. The van der Waals surface area contributed by atoms with Crippen molar-refractivity contribution in [3.05, 3.63) is 0 Å². The first-order valence-corrected chi connectivity index (χ1v) is 8.79. The highest BCUT2D eigenvalue weighted by atomic mass is 79.9. The highest BCUT2D eigenvalue weighted by Gasteiger charge is 2.29. The molecule has 0 aliphatic heterocycles. The van der Waals surface area contributed by atoms with Crippen LogP contribution in [-0.2, 0) is 4.79 Å². The molecular formula is C15H26BrNO. The molecule has 0 spiro atoms. The number of carbonyl (C=O) groups is 1. The maximum absolute atomic E-state index is 12.5. The second-order valence-electron chi connectivity index (χ2n) is 5.92. The van der Waals surface area contributed by atoms with Gasteiger partial charge in [0, 0.05) is 24.3 Å². The summed E-state index contributed by atoms with van der Waals surface area (Å²) >= 11 is 3.48. The zero-order valence-corrected chi connectivity index (χ0v) is 13.0. The Morgan fingerprint density at radius 3 is 2.33 bits per heavy atom. The van der Waals surface area contributed by atoms with Gasteiger partial charge in [-0.05, 0) is 44.4 Å². The summed E-state index contributed by atoms with van der Waals surface area (Å²) in [7, 11) is 0. The molecule has 0 saturated heterocycles. The molecule has 1 amide bonds. The summed E-state index contributed by atoms with van der Waals surface area (Å²) < 4.78 is 0. The molecule has 0 unspecified atom stereocenters. The quantitative estimate of drug-likeness (QED) is 0.675. The minimum absolute atomic E-state index is 0.438. The van der Waals surface area contributed by atoms with Crippen LogP contribution >= 0.6 is 15.9 Å². The Labute approximate surface area is 120 Å². The molecule has 2 aliphatic carbocycles. The predicted octanol–water partition coefficient (Wildman–Crippen LogP) is 4.12. The van der Waals surface area contributed by atoms with E-state index >= 15 is 0 Å². The molecule has 0 bridgehead atoms. The SMILES string of the molecule is O=C(CC1CCCCC1)N(CCCBr)C1CCC1. The average Bonchev–Trinajstić information content (AvgIpc) is 2.33. The first kappa shape index (κ1) is 14.4. The molecule has 2 aliphatic rings.